The lowest BCUT2D eigenvalue weighted by Crippen LogP contribution is -2.29. The topological polar surface area (TPSA) is 42.0 Å². The van der Waals surface area contributed by atoms with Crippen molar-refractivity contribution in [3.63, 3.8) is 0 Å². The lowest BCUT2D eigenvalue weighted by Gasteiger charge is -2.18. The van der Waals surface area contributed by atoms with Crippen molar-refractivity contribution in [3.8, 4) is 0 Å². The van der Waals surface area contributed by atoms with Gasteiger partial charge >= 0.3 is 0 Å². The van der Waals surface area contributed by atoms with E-state index in [1.807, 2.05) is 37.3 Å². The second kappa shape index (κ2) is 6.80. The summed E-state index contributed by atoms with van der Waals surface area (Å²) in [7, 11) is 0. The third kappa shape index (κ3) is 3.41. The minimum Gasteiger partial charge on any atom is -0.345 e. The zero-order valence-electron chi connectivity index (χ0n) is 11.3. The average Bonchev–Trinajstić information content (AvgIpc) is 2.48. The first-order valence-corrected chi connectivity index (χ1v) is 6.68. The van der Waals surface area contributed by atoms with E-state index in [1.165, 1.54) is 12.3 Å². The molecule has 2 rings (SSSR count). The highest BCUT2D eigenvalue weighted by molar-refractivity contribution is 5.94. The molecule has 1 aromatic carbocycles. The minimum atomic E-state index is -0.742. The molecule has 104 valence electrons. The van der Waals surface area contributed by atoms with Crippen molar-refractivity contribution in [2.75, 3.05) is 0 Å². The van der Waals surface area contributed by atoms with Gasteiger partial charge in [0.05, 0.1) is 11.6 Å². The van der Waals surface area contributed by atoms with Crippen LogP contribution in [0.4, 0.5) is 4.39 Å². The summed E-state index contributed by atoms with van der Waals surface area (Å²) in [6.07, 6.45) is 3.06. The first kappa shape index (κ1) is 14.2. The van der Waals surface area contributed by atoms with Gasteiger partial charge in [0.25, 0.3) is 5.91 Å². The Morgan fingerprint density at radius 2 is 2.00 bits per heavy atom. The van der Waals surface area contributed by atoms with Gasteiger partial charge in [0.15, 0.2) is 0 Å². The van der Waals surface area contributed by atoms with E-state index in [0.717, 1.165) is 18.4 Å². The van der Waals surface area contributed by atoms with Crippen molar-refractivity contribution in [3.05, 3.63) is 65.7 Å². The highest BCUT2D eigenvalue weighted by Crippen LogP contribution is 2.19. The van der Waals surface area contributed by atoms with Crippen LogP contribution in [0.1, 0.15) is 41.7 Å². The number of benzene rings is 1. The van der Waals surface area contributed by atoms with E-state index >= 15 is 0 Å². The summed E-state index contributed by atoms with van der Waals surface area (Å²) in [6.45, 7) is 2.05. The van der Waals surface area contributed by atoms with Crippen LogP contribution in [-0.4, -0.2) is 10.9 Å². The Labute approximate surface area is 117 Å². The molecule has 1 atom stereocenters. The van der Waals surface area contributed by atoms with Crippen molar-refractivity contribution < 1.29 is 9.18 Å². The predicted molar refractivity (Wildman–Crippen MR) is 75.8 cm³/mol. The van der Waals surface area contributed by atoms with Crippen LogP contribution in [0.25, 0.3) is 0 Å². The molecule has 1 aromatic heterocycles. The zero-order chi connectivity index (χ0) is 14.4. The molecule has 0 bridgehead atoms. The number of nitrogens with zero attached hydrogens (tertiary/aromatic N) is 1. The fourth-order valence-corrected chi connectivity index (χ4v) is 2.09. The van der Waals surface area contributed by atoms with Crippen molar-refractivity contribution >= 4 is 5.91 Å². The monoisotopic (exact) mass is 272 g/mol. The summed E-state index contributed by atoms with van der Waals surface area (Å²) in [5, 5.41) is 2.87. The first-order chi connectivity index (χ1) is 9.72. The molecule has 0 fully saturated rings. The smallest absolute Gasteiger partial charge is 0.256 e. The minimum absolute atomic E-state index is 0.0236. The number of rotatable bonds is 5. The molecule has 1 unspecified atom stereocenters. The molecule has 0 aliphatic rings. The molecule has 0 aliphatic carbocycles. The molecule has 4 heteroatoms. The Balaban J connectivity index is 2.17. The molecule has 0 radical (unpaired) electrons. The van der Waals surface area contributed by atoms with E-state index in [9.17, 15) is 9.18 Å². The van der Waals surface area contributed by atoms with Crippen molar-refractivity contribution in [1.82, 2.24) is 10.3 Å². The fourth-order valence-electron chi connectivity index (χ4n) is 2.09. The summed E-state index contributed by atoms with van der Waals surface area (Å²) in [5.41, 5.74) is 0.997. The van der Waals surface area contributed by atoms with E-state index in [4.69, 9.17) is 0 Å². The molecule has 0 spiro atoms. The number of carbonyl (C=O) groups excluding carboxylic acids is 1. The number of aromatic nitrogens is 1. The third-order valence-corrected chi connectivity index (χ3v) is 3.09. The molecule has 1 N–H and O–H groups in total. The van der Waals surface area contributed by atoms with E-state index in [1.54, 1.807) is 6.07 Å². The lowest BCUT2D eigenvalue weighted by molar-refractivity contribution is 0.0929. The molecule has 20 heavy (non-hydrogen) atoms. The molecule has 0 saturated heterocycles. The maximum atomic E-state index is 13.5. The van der Waals surface area contributed by atoms with E-state index in [2.05, 4.69) is 10.3 Å². The summed E-state index contributed by atoms with van der Waals surface area (Å²) in [5.74, 6) is -1.17. The molecule has 1 heterocycles. The Bertz CT molecular complexity index is 572. The first-order valence-electron chi connectivity index (χ1n) is 6.68. The predicted octanol–water partition coefficient (Wildman–Crippen LogP) is 3.49. The van der Waals surface area contributed by atoms with Crippen LogP contribution in [-0.2, 0) is 0 Å². The van der Waals surface area contributed by atoms with Crippen LogP contribution in [0, 0.1) is 5.95 Å². The van der Waals surface area contributed by atoms with Crippen LogP contribution in [0.2, 0.25) is 0 Å². The van der Waals surface area contributed by atoms with Crippen LogP contribution < -0.4 is 5.32 Å². The van der Waals surface area contributed by atoms with E-state index < -0.39 is 11.9 Å². The SMILES string of the molecule is CCCC(NC(=O)c1cccnc1F)c1ccccc1. The molecule has 0 saturated carbocycles. The van der Waals surface area contributed by atoms with Crippen molar-refractivity contribution in [1.29, 1.82) is 0 Å². The fraction of sp³-hybridized carbons (Fsp3) is 0.250. The Morgan fingerprint density at radius 1 is 1.25 bits per heavy atom. The van der Waals surface area contributed by atoms with Crippen LogP contribution in [0.15, 0.2) is 48.7 Å². The van der Waals surface area contributed by atoms with Gasteiger partial charge in [0, 0.05) is 6.20 Å². The largest absolute Gasteiger partial charge is 0.345 e. The average molecular weight is 272 g/mol. The van der Waals surface area contributed by atoms with Gasteiger partial charge in [0.1, 0.15) is 0 Å². The Hall–Kier alpha value is -2.23. The number of carbonyl (C=O) groups is 1. The van der Waals surface area contributed by atoms with E-state index in [-0.39, 0.29) is 11.6 Å². The second-order valence-corrected chi connectivity index (χ2v) is 4.57. The highest BCUT2D eigenvalue weighted by Gasteiger charge is 2.17. The number of amides is 1. The summed E-state index contributed by atoms with van der Waals surface area (Å²) in [4.78, 5) is 15.6. The van der Waals surface area contributed by atoms with Gasteiger partial charge in [0.2, 0.25) is 5.95 Å². The van der Waals surface area contributed by atoms with Gasteiger partial charge in [-0.1, -0.05) is 43.7 Å². The summed E-state index contributed by atoms with van der Waals surface area (Å²) >= 11 is 0. The Kier molecular flexibility index (Phi) is 4.82. The summed E-state index contributed by atoms with van der Waals surface area (Å²) < 4.78 is 13.5. The number of hydrogen-bond acceptors (Lipinski definition) is 2. The van der Waals surface area contributed by atoms with Crippen LogP contribution in [0.3, 0.4) is 0 Å². The number of nitrogens with one attached hydrogen (secondary N) is 1. The second-order valence-electron chi connectivity index (χ2n) is 4.57. The quantitative estimate of drug-likeness (QED) is 0.846. The van der Waals surface area contributed by atoms with Crippen molar-refractivity contribution in [2.45, 2.75) is 25.8 Å². The highest BCUT2D eigenvalue weighted by atomic mass is 19.1. The number of pyridine rings is 1. The molecule has 1 amide bonds. The van der Waals surface area contributed by atoms with Gasteiger partial charge in [-0.2, -0.15) is 4.39 Å². The molecule has 3 nitrogen and oxygen atoms in total. The molecular formula is C16H17FN2O. The van der Waals surface area contributed by atoms with Crippen LogP contribution >= 0.6 is 0 Å². The summed E-state index contributed by atoms with van der Waals surface area (Å²) in [6, 6.07) is 12.6. The third-order valence-electron chi connectivity index (χ3n) is 3.09. The van der Waals surface area contributed by atoms with Gasteiger partial charge in [-0.3, -0.25) is 4.79 Å². The van der Waals surface area contributed by atoms with Crippen molar-refractivity contribution in [2.24, 2.45) is 0 Å². The van der Waals surface area contributed by atoms with Gasteiger partial charge in [-0.15, -0.1) is 0 Å². The molecule has 2 aromatic rings. The van der Waals surface area contributed by atoms with Gasteiger partial charge < -0.3 is 5.32 Å². The maximum Gasteiger partial charge on any atom is 0.256 e. The molecular weight excluding hydrogens is 255 g/mol. The van der Waals surface area contributed by atoms with Gasteiger partial charge in [-0.05, 0) is 24.1 Å². The lowest BCUT2D eigenvalue weighted by atomic mass is 10.0. The number of hydrogen-bond donors (Lipinski definition) is 1. The number of halogens is 1. The van der Waals surface area contributed by atoms with Crippen LogP contribution in [0.5, 0.6) is 0 Å². The van der Waals surface area contributed by atoms with Gasteiger partial charge in [-0.25, -0.2) is 4.98 Å². The zero-order valence-corrected chi connectivity index (χ0v) is 11.3. The Morgan fingerprint density at radius 3 is 2.65 bits per heavy atom. The maximum absolute atomic E-state index is 13.5. The normalized spacial score (nSPS) is 11.9. The van der Waals surface area contributed by atoms with E-state index in [0.29, 0.717) is 0 Å². The standard InChI is InChI=1S/C16H17FN2O/c1-2-7-14(12-8-4-3-5-9-12)19-16(20)13-10-6-11-18-15(13)17/h3-6,8-11,14H,2,7H2,1H3,(H,19,20). The molecule has 0 aliphatic heterocycles.